The third kappa shape index (κ3) is 16.9. The van der Waals surface area contributed by atoms with Gasteiger partial charge in [0.25, 0.3) is 0 Å². The van der Waals surface area contributed by atoms with Gasteiger partial charge in [-0.2, -0.15) is 0 Å². The first-order valence-corrected chi connectivity index (χ1v) is 15.5. The molecule has 21 heteroatoms. The fourth-order valence-corrected chi connectivity index (χ4v) is 4.01. The van der Waals surface area contributed by atoms with Crippen LogP contribution in [0.25, 0.3) is 0 Å². The van der Waals surface area contributed by atoms with Gasteiger partial charge in [0.1, 0.15) is 36.3 Å². The van der Waals surface area contributed by atoms with E-state index >= 15 is 0 Å². The summed E-state index contributed by atoms with van der Waals surface area (Å²) in [6, 6.07) is -9.69. The number of nitrogens with two attached hydrogens (primary N) is 3. The van der Waals surface area contributed by atoms with Crippen molar-refractivity contribution in [1.82, 2.24) is 31.9 Å². The Hall–Kier alpha value is -4.60. The number of carboxylic acids is 1. The molecule has 21 nitrogen and oxygen atoms in total. The molecule has 0 radical (unpaired) electrons. The van der Waals surface area contributed by atoms with Crippen molar-refractivity contribution < 1.29 is 54.0 Å². The highest BCUT2D eigenvalue weighted by Gasteiger charge is 2.34. The quantitative estimate of drug-likeness (QED) is 0.0283. The van der Waals surface area contributed by atoms with Crippen LogP contribution in [0.3, 0.4) is 0 Å². The Morgan fingerprint density at radius 1 is 0.653 bits per heavy atom. The molecule has 0 aromatic rings. The van der Waals surface area contributed by atoms with Gasteiger partial charge in [-0.05, 0) is 46.0 Å². The molecule has 16 N–H and O–H groups in total. The smallest absolute Gasteiger partial charge is 0.328 e. The number of aliphatic carboxylic acids is 1. The lowest BCUT2D eigenvalue weighted by atomic mass is 10.0. The summed E-state index contributed by atoms with van der Waals surface area (Å²) in [4.78, 5) is 91.4. The zero-order chi connectivity index (χ0) is 38.0. The Morgan fingerprint density at radius 3 is 1.57 bits per heavy atom. The molecule has 0 bridgehead atoms. The zero-order valence-corrected chi connectivity index (χ0v) is 28.3. The van der Waals surface area contributed by atoms with Crippen molar-refractivity contribution in [1.29, 1.82) is 0 Å². The maximum Gasteiger partial charge on any atom is 0.328 e. The van der Waals surface area contributed by atoms with E-state index in [1.165, 1.54) is 20.8 Å². The highest BCUT2D eigenvalue weighted by molar-refractivity contribution is 5.97. The van der Waals surface area contributed by atoms with Gasteiger partial charge in [-0.25, -0.2) is 4.79 Å². The molecule has 0 rings (SSSR count). The lowest BCUT2D eigenvalue weighted by molar-refractivity contribution is -0.143. The molecule has 0 heterocycles. The number of rotatable bonds is 22. The number of carboxylic acid groups (broad SMARTS) is 1. The normalized spacial score (nSPS) is 15.9. The van der Waals surface area contributed by atoms with Crippen LogP contribution in [0.15, 0.2) is 4.99 Å². The third-order valence-corrected chi connectivity index (χ3v) is 6.82. The molecule has 0 aliphatic rings. The second kappa shape index (κ2) is 22.1. The lowest BCUT2D eigenvalue weighted by Gasteiger charge is -2.28. The number of aliphatic hydroxyl groups excluding tert-OH is 3. The van der Waals surface area contributed by atoms with E-state index in [0.29, 0.717) is 6.42 Å². The molecule has 280 valence electrons. The Kier molecular flexibility index (Phi) is 20.0. The van der Waals surface area contributed by atoms with Crippen LogP contribution in [-0.2, 0) is 33.6 Å². The van der Waals surface area contributed by atoms with Crippen molar-refractivity contribution in [3.63, 3.8) is 0 Å². The molecular weight excluding hydrogens is 652 g/mol. The van der Waals surface area contributed by atoms with Gasteiger partial charge in [-0.3, -0.25) is 33.8 Å². The first kappa shape index (κ1) is 44.4. The molecule has 0 aliphatic carbocycles. The van der Waals surface area contributed by atoms with E-state index in [0.717, 1.165) is 0 Å². The number of aliphatic imine (C=N–C) groups is 1. The molecule has 8 atom stereocenters. The number of amides is 6. The first-order chi connectivity index (χ1) is 22.7. The molecule has 49 heavy (non-hydrogen) atoms. The summed E-state index contributed by atoms with van der Waals surface area (Å²) in [5.74, 6) is -7.22. The zero-order valence-electron chi connectivity index (χ0n) is 28.3. The molecular formula is C28H52N10O11. The van der Waals surface area contributed by atoms with Crippen molar-refractivity contribution in [3.05, 3.63) is 0 Å². The van der Waals surface area contributed by atoms with Crippen LogP contribution in [0.2, 0.25) is 0 Å². The molecule has 0 saturated carbocycles. The SMILES string of the molecule is CC(C)C[C@H](NC(=O)[C@@H](NC(=O)[C@H](CO)NC(=O)[C@H](C)NC(=O)[C@@H](N)CCCN=C(N)N)[C@@H](C)O)C(=O)N[C@@H](C)C(=O)N[C@@H](CO)C(=O)O. The highest BCUT2D eigenvalue weighted by Crippen LogP contribution is 2.07. The summed E-state index contributed by atoms with van der Waals surface area (Å²) in [5.41, 5.74) is 16.3. The van der Waals surface area contributed by atoms with Gasteiger partial charge in [0.15, 0.2) is 5.96 Å². The van der Waals surface area contributed by atoms with E-state index in [9.17, 15) is 43.8 Å². The Morgan fingerprint density at radius 2 is 1.12 bits per heavy atom. The number of guanidine groups is 1. The largest absolute Gasteiger partial charge is 0.480 e. The van der Waals surface area contributed by atoms with Gasteiger partial charge >= 0.3 is 5.97 Å². The van der Waals surface area contributed by atoms with Crippen LogP contribution < -0.4 is 49.1 Å². The minimum absolute atomic E-state index is 0.0413. The number of hydrogen-bond acceptors (Lipinski definition) is 12. The standard InChI is InChI=1S/C28H52N10O11/c1-12(2)9-17(24(45)34-14(4)22(43)37-19(11-40)27(48)49)35-26(47)20(15(5)41)38-25(46)18(10-39)36-21(42)13(3)33-23(44)16(29)7-6-8-32-28(30)31/h12-20,39-41H,6-11,29H2,1-5H3,(H,33,44)(H,34,45)(H,35,47)(H,36,42)(H,37,43)(H,38,46)(H,48,49)(H4,30,31,32)/t13-,14-,15+,16-,17-,18-,19-,20-/m0/s1. The van der Waals surface area contributed by atoms with E-state index in [-0.39, 0.29) is 31.3 Å². The monoisotopic (exact) mass is 704 g/mol. The van der Waals surface area contributed by atoms with Crippen molar-refractivity contribution in [3.8, 4) is 0 Å². The van der Waals surface area contributed by atoms with Crippen LogP contribution >= 0.6 is 0 Å². The number of nitrogens with one attached hydrogen (secondary N) is 6. The summed E-state index contributed by atoms with van der Waals surface area (Å²) in [5, 5.41) is 51.8. The van der Waals surface area contributed by atoms with Gasteiger partial charge in [0.05, 0.1) is 25.4 Å². The summed E-state index contributed by atoms with van der Waals surface area (Å²) in [6.45, 7) is 5.59. The summed E-state index contributed by atoms with van der Waals surface area (Å²) in [7, 11) is 0. The second-order valence-corrected chi connectivity index (χ2v) is 11.8. The number of carbonyl (C=O) groups excluding carboxylic acids is 6. The van der Waals surface area contributed by atoms with Gasteiger partial charge in [-0.1, -0.05) is 13.8 Å². The molecule has 0 saturated heterocycles. The van der Waals surface area contributed by atoms with Crippen molar-refractivity contribution in [2.24, 2.45) is 28.1 Å². The predicted octanol–water partition coefficient (Wildman–Crippen LogP) is -6.19. The summed E-state index contributed by atoms with van der Waals surface area (Å²) < 4.78 is 0. The third-order valence-electron chi connectivity index (χ3n) is 6.82. The van der Waals surface area contributed by atoms with Crippen LogP contribution in [0.4, 0.5) is 0 Å². The average molecular weight is 705 g/mol. The maximum absolute atomic E-state index is 13.2. The Labute approximate surface area is 283 Å². The molecule has 6 amide bonds. The molecule has 0 fully saturated rings. The summed E-state index contributed by atoms with van der Waals surface area (Å²) in [6.07, 6.45) is -0.908. The number of aliphatic hydroxyl groups is 3. The van der Waals surface area contributed by atoms with E-state index in [1.807, 2.05) is 0 Å². The topological polar surface area (TPSA) is 363 Å². The van der Waals surface area contributed by atoms with Crippen molar-refractivity contribution in [2.75, 3.05) is 19.8 Å². The maximum atomic E-state index is 13.2. The minimum Gasteiger partial charge on any atom is -0.480 e. The van der Waals surface area contributed by atoms with Gasteiger partial charge in [0.2, 0.25) is 35.4 Å². The fourth-order valence-electron chi connectivity index (χ4n) is 4.01. The van der Waals surface area contributed by atoms with Crippen LogP contribution in [-0.4, -0.2) is 136 Å². The second-order valence-electron chi connectivity index (χ2n) is 11.8. The number of hydrogen-bond donors (Lipinski definition) is 13. The molecule has 0 spiro atoms. The van der Waals surface area contributed by atoms with Crippen LogP contribution in [0.5, 0.6) is 0 Å². The molecule has 0 aliphatic heterocycles. The number of nitrogens with zero attached hydrogens (tertiary/aromatic N) is 1. The Bertz CT molecular complexity index is 1180. The van der Waals surface area contributed by atoms with E-state index < -0.39 is 103 Å². The van der Waals surface area contributed by atoms with E-state index in [1.54, 1.807) is 13.8 Å². The number of carbonyl (C=O) groups is 7. The molecule has 0 aromatic heterocycles. The fraction of sp³-hybridized carbons (Fsp3) is 0.714. The highest BCUT2D eigenvalue weighted by atomic mass is 16.4. The van der Waals surface area contributed by atoms with Gasteiger partial charge < -0.3 is 69.5 Å². The van der Waals surface area contributed by atoms with Gasteiger partial charge in [-0.15, -0.1) is 0 Å². The minimum atomic E-state index is -1.68. The molecule has 0 unspecified atom stereocenters. The Balaban J connectivity index is 5.47. The van der Waals surface area contributed by atoms with Crippen molar-refractivity contribution in [2.45, 2.75) is 102 Å². The molecule has 0 aromatic carbocycles. The lowest BCUT2D eigenvalue weighted by Crippen LogP contribution is -2.62. The summed E-state index contributed by atoms with van der Waals surface area (Å²) >= 11 is 0. The van der Waals surface area contributed by atoms with Gasteiger partial charge in [0, 0.05) is 6.54 Å². The predicted molar refractivity (Wildman–Crippen MR) is 174 cm³/mol. The van der Waals surface area contributed by atoms with E-state index in [4.69, 9.17) is 27.4 Å². The van der Waals surface area contributed by atoms with E-state index in [2.05, 4.69) is 36.9 Å². The van der Waals surface area contributed by atoms with Crippen LogP contribution in [0.1, 0.15) is 53.9 Å². The van der Waals surface area contributed by atoms with Crippen LogP contribution in [0, 0.1) is 5.92 Å². The van der Waals surface area contributed by atoms with Crippen molar-refractivity contribution >= 4 is 47.4 Å². The first-order valence-electron chi connectivity index (χ1n) is 15.5. The average Bonchev–Trinajstić information content (AvgIpc) is 3.01.